The van der Waals surface area contributed by atoms with Gasteiger partial charge in [-0.25, -0.2) is 15.0 Å². The molecule has 1 aliphatic rings. The van der Waals surface area contributed by atoms with Gasteiger partial charge >= 0.3 is 0 Å². The molecule has 3 aromatic heterocycles. The van der Waals surface area contributed by atoms with Crippen LogP contribution in [0.2, 0.25) is 0 Å². The lowest BCUT2D eigenvalue weighted by Crippen LogP contribution is -2.25. The van der Waals surface area contributed by atoms with Gasteiger partial charge in [0.2, 0.25) is 0 Å². The first kappa shape index (κ1) is 18.7. The number of rotatable bonds is 5. The minimum Gasteiger partial charge on any atom is -0.305 e. The standard InChI is InChI=1S/C19H23N7OS/c1-12-9-17(24-19(27)16-6-7-20-25(16)3)23-18(21-12)15-5-4-8-26(15)10-14-11-28-13(2)22-14/h6-7,9,11,15H,4-5,8,10H2,1-3H3,(H,21,23,24,27). The van der Waals surface area contributed by atoms with Crippen LogP contribution in [0.3, 0.4) is 0 Å². The highest BCUT2D eigenvalue weighted by Crippen LogP contribution is 2.32. The highest BCUT2D eigenvalue weighted by atomic mass is 32.1. The van der Waals surface area contributed by atoms with Crippen LogP contribution < -0.4 is 5.32 Å². The van der Waals surface area contributed by atoms with E-state index in [0.717, 1.165) is 48.2 Å². The Labute approximate surface area is 167 Å². The predicted molar refractivity (Wildman–Crippen MR) is 107 cm³/mol. The summed E-state index contributed by atoms with van der Waals surface area (Å²) in [6.45, 7) is 5.74. The molecule has 0 aromatic carbocycles. The third-order valence-corrected chi connectivity index (χ3v) is 5.68. The van der Waals surface area contributed by atoms with E-state index in [2.05, 4.69) is 35.6 Å². The van der Waals surface area contributed by atoms with E-state index in [-0.39, 0.29) is 11.9 Å². The molecule has 4 rings (SSSR count). The van der Waals surface area contributed by atoms with Crippen LogP contribution in [-0.2, 0) is 13.6 Å². The summed E-state index contributed by atoms with van der Waals surface area (Å²) < 4.78 is 1.54. The summed E-state index contributed by atoms with van der Waals surface area (Å²) in [6.07, 6.45) is 3.70. The first-order valence-corrected chi connectivity index (χ1v) is 10.2. The molecule has 0 radical (unpaired) electrons. The van der Waals surface area contributed by atoms with E-state index in [0.29, 0.717) is 11.5 Å². The second-order valence-corrected chi connectivity index (χ2v) is 8.10. The molecule has 1 atom stereocenters. The van der Waals surface area contributed by atoms with Crippen molar-refractivity contribution in [2.75, 3.05) is 11.9 Å². The molecular formula is C19H23N7OS. The van der Waals surface area contributed by atoms with Gasteiger partial charge < -0.3 is 5.32 Å². The van der Waals surface area contributed by atoms with E-state index < -0.39 is 0 Å². The van der Waals surface area contributed by atoms with E-state index in [9.17, 15) is 4.79 Å². The Morgan fingerprint density at radius 3 is 2.89 bits per heavy atom. The Bertz CT molecular complexity index is 996. The van der Waals surface area contributed by atoms with Crippen molar-refractivity contribution < 1.29 is 4.79 Å². The smallest absolute Gasteiger partial charge is 0.275 e. The molecule has 1 saturated heterocycles. The summed E-state index contributed by atoms with van der Waals surface area (Å²) in [5.41, 5.74) is 2.41. The molecule has 1 unspecified atom stereocenters. The Balaban J connectivity index is 1.54. The van der Waals surface area contributed by atoms with Crippen LogP contribution in [0.5, 0.6) is 0 Å². The van der Waals surface area contributed by atoms with E-state index in [1.54, 1.807) is 41.4 Å². The molecule has 0 saturated carbocycles. The molecular weight excluding hydrogens is 374 g/mol. The number of carbonyl (C=O) groups is 1. The normalized spacial score (nSPS) is 17.2. The zero-order chi connectivity index (χ0) is 19.7. The number of thiazole rings is 1. The number of aromatic nitrogens is 5. The van der Waals surface area contributed by atoms with Crippen LogP contribution in [0, 0.1) is 13.8 Å². The van der Waals surface area contributed by atoms with Crippen LogP contribution in [0.1, 0.15) is 51.6 Å². The van der Waals surface area contributed by atoms with Gasteiger partial charge in [-0.3, -0.25) is 14.4 Å². The molecule has 1 amide bonds. The summed E-state index contributed by atoms with van der Waals surface area (Å²) in [5.74, 6) is 1.04. The van der Waals surface area contributed by atoms with Gasteiger partial charge in [0.25, 0.3) is 5.91 Å². The molecule has 0 bridgehead atoms. The van der Waals surface area contributed by atoms with Gasteiger partial charge in [0, 0.05) is 36.9 Å². The van der Waals surface area contributed by atoms with Crippen molar-refractivity contribution in [1.29, 1.82) is 0 Å². The Morgan fingerprint density at radius 1 is 1.32 bits per heavy atom. The van der Waals surface area contributed by atoms with Gasteiger partial charge in [-0.1, -0.05) is 0 Å². The Morgan fingerprint density at radius 2 is 2.18 bits per heavy atom. The number of nitrogens with one attached hydrogen (secondary N) is 1. The van der Waals surface area contributed by atoms with Crippen molar-refractivity contribution in [2.45, 2.75) is 39.3 Å². The molecule has 8 nitrogen and oxygen atoms in total. The lowest BCUT2D eigenvalue weighted by atomic mass is 10.2. The first-order valence-electron chi connectivity index (χ1n) is 9.29. The number of hydrogen-bond donors (Lipinski definition) is 1. The fraction of sp³-hybridized carbons (Fsp3) is 0.421. The topological polar surface area (TPSA) is 88.8 Å². The quantitative estimate of drug-likeness (QED) is 0.712. The summed E-state index contributed by atoms with van der Waals surface area (Å²) in [7, 11) is 1.74. The van der Waals surface area contributed by atoms with Gasteiger partial charge in [0.05, 0.1) is 16.7 Å². The van der Waals surface area contributed by atoms with Crippen LogP contribution in [0.25, 0.3) is 0 Å². The molecule has 1 aliphatic heterocycles. The van der Waals surface area contributed by atoms with Gasteiger partial charge in [0.1, 0.15) is 17.3 Å². The van der Waals surface area contributed by atoms with Crippen LogP contribution in [-0.4, -0.2) is 42.1 Å². The van der Waals surface area contributed by atoms with Gasteiger partial charge in [-0.05, 0) is 39.3 Å². The zero-order valence-corrected chi connectivity index (χ0v) is 17.0. The molecule has 9 heteroatoms. The van der Waals surface area contributed by atoms with Gasteiger partial charge in [-0.15, -0.1) is 11.3 Å². The van der Waals surface area contributed by atoms with E-state index in [1.807, 2.05) is 13.8 Å². The summed E-state index contributed by atoms with van der Waals surface area (Å²) in [6, 6.07) is 3.61. The monoisotopic (exact) mass is 397 g/mol. The minimum absolute atomic E-state index is 0.134. The minimum atomic E-state index is -0.231. The number of likely N-dealkylation sites (tertiary alicyclic amines) is 1. The van der Waals surface area contributed by atoms with Crippen molar-refractivity contribution in [3.63, 3.8) is 0 Å². The predicted octanol–water partition coefficient (Wildman–Crippen LogP) is 2.87. The lowest BCUT2D eigenvalue weighted by Gasteiger charge is -2.23. The molecule has 3 aromatic rings. The maximum Gasteiger partial charge on any atom is 0.275 e. The van der Waals surface area contributed by atoms with Gasteiger partial charge in [0.15, 0.2) is 0 Å². The number of hydrogen-bond acceptors (Lipinski definition) is 7. The average Bonchev–Trinajstić information content (AvgIpc) is 3.36. The van der Waals surface area contributed by atoms with E-state index >= 15 is 0 Å². The molecule has 0 aliphatic carbocycles. The number of carbonyl (C=O) groups excluding carboxylic acids is 1. The largest absolute Gasteiger partial charge is 0.305 e. The summed E-state index contributed by atoms with van der Waals surface area (Å²) >= 11 is 1.67. The number of amides is 1. The molecule has 1 fully saturated rings. The molecule has 4 heterocycles. The van der Waals surface area contributed by atoms with Crippen LogP contribution in [0.15, 0.2) is 23.7 Å². The summed E-state index contributed by atoms with van der Waals surface area (Å²) in [5, 5.41) is 10.1. The zero-order valence-electron chi connectivity index (χ0n) is 16.2. The Hall–Kier alpha value is -2.65. The fourth-order valence-corrected chi connectivity index (χ4v) is 4.18. The number of aryl methyl sites for hydroxylation is 3. The van der Waals surface area contributed by atoms with Crippen molar-refractivity contribution in [2.24, 2.45) is 7.05 Å². The fourth-order valence-electron chi connectivity index (χ4n) is 3.58. The molecule has 146 valence electrons. The highest BCUT2D eigenvalue weighted by molar-refractivity contribution is 7.09. The maximum atomic E-state index is 12.5. The third-order valence-electron chi connectivity index (χ3n) is 4.86. The van der Waals surface area contributed by atoms with Crippen LogP contribution in [0.4, 0.5) is 5.82 Å². The number of nitrogens with zero attached hydrogens (tertiary/aromatic N) is 6. The highest BCUT2D eigenvalue weighted by Gasteiger charge is 2.29. The lowest BCUT2D eigenvalue weighted by molar-refractivity contribution is 0.101. The van der Waals surface area contributed by atoms with E-state index in [1.165, 1.54) is 0 Å². The van der Waals surface area contributed by atoms with Crippen molar-refractivity contribution in [1.82, 2.24) is 29.6 Å². The first-order chi connectivity index (χ1) is 13.5. The van der Waals surface area contributed by atoms with Crippen molar-refractivity contribution >= 4 is 23.1 Å². The van der Waals surface area contributed by atoms with E-state index in [4.69, 9.17) is 0 Å². The van der Waals surface area contributed by atoms with Crippen molar-refractivity contribution in [3.8, 4) is 0 Å². The Kier molecular flexibility index (Phi) is 5.19. The SMILES string of the molecule is Cc1cc(NC(=O)c2ccnn2C)nc(C2CCCN2Cc2csc(C)n2)n1. The maximum absolute atomic E-state index is 12.5. The molecule has 28 heavy (non-hydrogen) atoms. The second kappa shape index (κ2) is 7.76. The van der Waals surface area contributed by atoms with Gasteiger partial charge in [-0.2, -0.15) is 5.10 Å². The van der Waals surface area contributed by atoms with Crippen molar-refractivity contribution in [3.05, 3.63) is 51.6 Å². The molecule has 0 spiro atoms. The molecule has 1 N–H and O–H groups in total. The average molecular weight is 398 g/mol. The second-order valence-electron chi connectivity index (χ2n) is 7.03. The third kappa shape index (κ3) is 3.95. The number of anilines is 1. The summed E-state index contributed by atoms with van der Waals surface area (Å²) in [4.78, 5) is 28.8. The van der Waals surface area contributed by atoms with Crippen LogP contribution >= 0.6 is 11.3 Å².